The van der Waals surface area contributed by atoms with Gasteiger partial charge < -0.3 is 5.11 Å². The summed E-state index contributed by atoms with van der Waals surface area (Å²) in [7, 11) is 0. The normalized spacial score (nSPS) is 19.5. The zero-order valence-electron chi connectivity index (χ0n) is 13.8. The predicted molar refractivity (Wildman–Crippen MR) is 82.2 cm³/mol. The van der Waals surface area contributed by atoms with Crippen molar-refractivity contribution in [3.8, 4) is 0 Å². The van der Waals surface area contributed by atoms with Gasteiger partial charge in [0, 0.05) is 0 Å². The Hall–Kier alpha value is -0.530. The lowest BCUT2D eigenvalue weighted by Gasteiger charge is -2.23. The van der Waals surface area contributed by atoms with Gasteiger partial charge in [-0.1, -0.05) is 48.0 Å². The number of hydrogen-bond donors (Lipinski definition) is 1. The van der Waals surface area contributed by atoms with Gasteiger partial charge in [-0.15, -0.1) is 0 Å². The quantitative estimate of drug-likeness (QED) is 0.590. The Morgan fingerprint density at radius 1 is 0.789 bits per heavy atom. The van der Waals surface area contributed by atoms with Crippen LogP contribution < -0.4 is 0 Å². The van der Waals surface area contributed by atoms with Crippen molar-refractivity contribution in [1.29, 1.82) is 0 Å². The van der Waals surface area contributed by atoms with Crippen molar-refractivity contribution in [2.75, 3.05) is 0 Å². The third-order valence-corrected chi connectivity index (χ3v) is 4.29. The van der Waals surface area contributed by atoms with Gasteiger partial charge in [0.05, 0.1) is 5.92 Å². The van der Waals surface area contributed by atoms with E-state index in [2.05, 4.69) is 34.6 Å². The van der Waals surface area contributed by atoms with Gasteiger partial charge >= 0.3 is 5.97 Å². The maximum absolute atomic E-state index is 10.9. The van der Waals surface area contributed by atoms with Gasteiger partial charge in [0.25, 0.3) is 0 Å². The minimum Gasteiger partial charge on any atom is -0.481 e. The molecule has 0 rings (SSSR count). The fraction of sp³-hybridized carbons (Fsp3) is 0.941. The van der Waals surface area contributed by atoms with Crippen LogP contribution in [0.5, 0.6) is 0 Å². The summed E-state index contributed by atoms with van der Waals surface area (Å²) in [6.07, 6.45) is 5.82. The molecule has 0 bridgehead atoms. The smallest absolute Gasteiger partial charge is 0.306 e. The highest BCUT2D eigenvalue weighted by molar-refractivity contribution is 5.69. The first-order chi connectivity index (χ1) is 8.76. The Bertz CT molecular complexity index is 250. The molecule has 0 aromatic rings. The standard InChI is InChI=1S/C17H34O2/c1-7-12(2)8-13(3)9-14(4)10-15(5)11-16(6)17(18)19/h12-16H,7-11H2,1-6H3,(H,18,19). The number of rotatable bonds is 10. The molecule has 5 atom stereocenters. The minimum absolute atomic E-state index is 0.209. The van der Waals surface area contributed by atoms with E-state index in [4.69, 9.17) is 5.11 Å². The van der Waals surface area contributed by atoms with Crippen LogP contribution in [0.15, 0.2) is 0 Å². The van der Waals surface area contributed by atoms with Crippen molar-refractivity contribution in [2.45, 2.75) is 73.6 Å². The first kappa shape index (κ1) is 18.5. The Balaban J connectivity index is 3.95. The van der Waals surface area contributed by atoms with Crippen molar-refractivity contribution in [1.82, 2.24) is 0 Å². The molecule has 0 spiro atoms. The topological polar surface area (TPSA) is 37.3 Å². The van der Waals surface area contributed by atoms with Crippen molar-refractivity contribution < 1.29 is 9.90 Å². The van der Waals surface area contributed by atoms with Crippen LogP contribution in [-0.4, -0.2) is 11.1 Å². The van der Waals surface area contributed by atoms with Gasteiger partial charge in [-0.3, -0.25) is 4.79 Å². The molecule has 0 radical (unpaired) electrons. The molecule has 0 amide bonds. The second-order valence-electron chi connectivity index (χ2n) is 7.01. The molecule has 114 valence electrons. The molecule has 0 aliphatic heterocycles. The van der Waals surface area contributed by atoms with Crippen LogP contribution in [0.2, 0.25) is 0 Å². The molecule has 2 heteroatoms. The largest absolute Gasteiger partial charge is 0.481 e. The number of hydrogen-bond acceptors (Lipinski definition) is 1. The van der Waals surface area contributed by atoms with Crippen molar-refractivity contribution in [3.63, 3.8) is 0 Å². The van der Waals surface area contributed by atoms with E-state index < -0.39 is 5.97 Å². The lowest BCUT2D eigenvalue weighted by molar-refractivity contribution is -0.141. The fourth-order valence-corrected chi connectivity index (χ4v) is 3.22. The summed E-state index contributed by atoms with van der Waals surface area (Å²) in [5.41, 5.74) is 0. The molecule has 0 aliphatic rings. The Kier molecular flexibility index (Phi) is 9.12. The van der Waals surface area contributed by atoms with E-state index in [0.717, 1.165) is 24.7 Å². The molecule has 0 saturated heterocycles. The van der Waals surface area contributed by atoms with E-state index in [0.29, 0.717) is 11.8 Å². The monoisotopic (exact) mass is 270 g/mol. The van der Waals surface area contributed by atoms with E-state index >= 15 is 0 Å². The van der Waals surface area contributed by atoms with Crippen molar-refractivity contribution >= 4 is 5.97 Å². The number of carboxylic acids is 1. The number of aliphatic carboxylic acids is 1. The summed E-state index contributed by atoms with van der Waals surface area (Å²) in [5.74, 6) is 1.96. The molecule has 19 heavy (non-hydrogen) atoms. The second kappa shape index (κ2) is 9.39. The molecule has 0 saturated carbocycles. The summed E-state index contributed by atoms with van der Waals surface area (Å²) in [5, 5.41) is 8.94. The zero-order chi connectivity index (χ0) is 15.0. The maximum Gasteiger partial charge on any atom is 0.306 e. The Labute approximate surface area is 120 Å². The molecule has 5 unspecified atom stereocenters. The molecule has 0 fully saturated rings. The minimum atomic E-state index is -0.662. The van der Waals surface area contributed by atoms with Crippen LogP contribution in [0.3, 0.4) is 0 Å². The van der Waals surface area contributed by atoms with Gasteiger partial charge in [-0.2, -0.15) is 0 Å². The first-order valence-corrected chi connectivity index (χ1v) is 7.98. The Morgan fingerprint density at radius 3 is 1.53 bits per heavy atom. The maximum atomic E-state index is 10.9. The lowest BCUT2D eigenvalue weighted by Crippen LogP contribution is -2.16. The van der Waals surface area contributed by atoms with Gasteiger partial charge in [0.1, 0.15) is 0 Å². The van der Waals surface area contributed by atoms with Crippen molar-refractivity contribution in [2.24, 2.45) is 29.6 Å². The number of carbonyl (C=O) groups is 1. The summed E-state index contributed by atoms with van der Waals surface area (Å²) in [4.78, 5) is 10.9. The van der Waals surface area contributed by atoms with E-state index in [1.54, 1.807) is 0 Å². The SMILES string of the molecule is CCC(C)CC(C)CC(C)CC(C)CC(C)C(=O)O. The van der Waals surface area contributed by atoms with Crippen LogP contribution in [0, 0.1) is 29.6 Å². The van der Waals surface area contributed by atoms with E-state index in [-0.39, 0.29) is 5.92 Å². The van der Waals surface area contributed by atoms with E-state index in [1.165, 1.54) is 19.3 Å². The summed E-state index contributed by atoms with van der Waals surface area (Å²) < 4.78 is 0. The van der Waals surface area contributed by atoms with E-state index in [9.17, 15) is 4.79 Å². The molecule has 0 aromatic carbocycles. The van der Waals surface area contributed by atoms with Crippen LogP contribution >= 0.6 is 0 Å². The van der Waals surface area contributed by atoms with Crippen LogP contribution in [0.1, 0.15) is 73.6 Å². The molecule has 0 aliphatic carbocycles. The van der Waals surface area contributed by atoms with Crippen molar-refractivity contribution in [3.05, 3.63) is 0 Å². The lowest BCUT2D eigenvalue weighted by atomic mass is 9.83. The number of carboxylic acid groups (broad SMARTS) is 1. The first-order valence-electron chi connectivity index (χ1n) is 7.98. The highest BCUT2D eigenvalue weighted by atomic mass is 16.4. The molecular formula is C17H34O2. The average Bonchev–Trinajstić information content (AvgIpc) is 2.27. The molecule has 2 nitrogen and oxygen atoms in total. The van der Waals surface area contributed by atoms with E-state index in [1.807, 2.05) is 6.92 Å². The fourth-order valence-electron chi connectivity index (χ4n) is 3.22. The van der Waals surface area contributed by atoms with Gasteiger partial charge in [-0.05, 0) is 49.4 Å². The summed E-state index contributed by atoms with van der Waals surface area (Å²) in [6.45, 7) is 13.3. The highest BCUT2D eigenvalue weighted by Gasteiger charge is 2.18. The summed E-state index contributed by atoms with van der Waals surface area (Å²) in [6, 6.07) is 0. The summed E-state index contributed by atoms with van der Waals surface area (Å²) >= 11 is 0. The molecule has 1 N–H and O–H groups in total. The van der Waals surface area contributed by atoms with Gasteiger partial charge in [-0.25, -0.2) is 0 Å². The second-order valence-corrected chi connectivity index (χ2v) is 7.01. The Morgan fingerprint density at radius 2 is 1.16 bits per heavy atom. The van der Waals surface area contributed by atoms with Crippen LogP contribution in [-0.2, 0) is 4.79 Å². The average molecular weight is 270 g/mol. The molecule has 0 heterocycles. The van der Waals surface area contributed by atoms with Crippen LogP contribution in [0.4, 0.5) is 0 Å². The molecular weight excluding hydrogens is 236 g/mol. The van der Waals surface area contributed by atoms with Gasteiger partial charge in [0.15, 0.2) is 0 Å². The zero-order valence-corrected chi connectivity index (χ0v) is 13.8. The predicted octanol–water partition coefficient (Wildman–Crippen LogP) is 5.22. The third kappa shape index (κ3) is 9.07. The van der Waals surface area contributed by atoms with Gasteiger partial charge in [0.2, 0.25) is 0 Å². The third-order valence-electron chi connectivity index (χ3n) is 4.29. The molecule has 0 aromatic heterocycles. The van der Waals surface area contributed by atoms with Crippen LogP contribution in [0.25, 0.3) is 0 Å². The highest BCUT2D eigenvalue weighted by Crippen LogP contribution is 2.27.